The molecule has 0 atom stereocenters. The van der Waals surface area contributed by atoms with Crippen molar-refractivity contribution in [3.05, 3.63) is 36.0 Å². The summed E-state index contributed by atoms with van der Waals surface area (Å²) in [5.41, 5.74) is 1.15. The number of pyridine rings is 1. The molecule has 0 bridgehead atoms. The topological polar surface area (TPSA) is 67.3 Å². The molecule has 0 aliphatic heterocycles. The summed E-state index contributed by atoms with van der Waals surface area (Å²) in [5, 5.41) is 1.62. The number of thiophene rings is 1. The molecule has 0 radical (unpaired) electrons. The van der Waals surface area contributed by atoms with Crippen LogP contribution in [0.5, 0.6) is 0 Å². The van der Waals surface area contributed by atoms with Gasteiger partial charge in [0.2, 0.25) is 0 Å². The molecular weight excluding hydrogens is 234 g/mol. The second kappa shape index (κ2) is 3.73. The first-order chi connectivity index (χ1) is 7.09. The van der Waals surface area contributed by atoms with Crippen LogP contribution in [0.2, 0.25) is 0 Å². The van der Waals surface area contributed by atoms with Crippen molar-refractivity contribution in [1.82, 2.24) is 4.98 Å². The molecule has 0 spiro atoms. The lowest BCUT2D eigenvalue weighted by Gasteiger charge is -1.99. The first kappa shape index (κ1) is 10.3. The Kier molecular flexibility index (Phi) is 2.56. The minimum Gasteiger partial charge on any atom is -0.281 e. The minimum absolute atomic E-state index is 0.0458. The Morgan fingerprint density at radius 3 is 2.73 bits per heavy atom. The first-order valence-electron chi connectivity index (χ1n) is 4.04. The van der Waals surface area contributed by atoms with E-state index in [-0.39, 0.29) is 4.21 Å². The lowest BCUT2D eigenvalue weighted by Crippen LogP contribution is -1.96. The summed E-state index contributed by atoms with van der Waals surface area (Å²) in [5.74, 6) is 0. The van der Waals surface area contributed by atoms with Gasteiger partial charge in [0.05, 0.1) is 0 Å². The molecule has 2 rings (SSSR count). The second-order valence-corrected chi connectivity index (χ2v) is 5.37. The lowest BCUT2D eigenvalue weighted by molar-refractivity contribution is 0.486. The lowest BCUT2D eigenvalue weighted by atomic mass is 10.2. The maximum atomic E-state index is 11.0. The molecule has 0 unspecified atom stereocenters. The molecular formula is C9H7NO3S2. The van der Waals surface area contributed by atoms with Gasteiger partial charge in [-0.2, -0.15) is 8.42 Å². The van der Waals surface area contributed by atoms with Crippen LogP contribution in [0.15, 0.2) is 40.2 Å². The van der Waals surface area contributed by atoms with Gasteiger partial charge in [0.25, 0.3) is 0 Å². The van der Waals surface area contributed by atoms with E-state index in [1.807, 2.05) is 0 Å². The molecule has 4 nitrogen and oxygen atoms in total. The second-order valence-electron chi connectivity index (χ2n) is 2.84. The SMILES string of the molecule is O=S(=O)(O)c1sccc1-c1cccnc1. The summed E-state index contributed by atoms with van der Waals surface area (Å²) in [6.07, 6.45) is 3.15. The smallest absolute Gasteiger partial charge is 0.281 e. The molecule has 0 saturated heterocycles. The van der Waals surface area contributed by atoms with Crippen molar-refractivity contribution in [3.8, 4) is 11.1 Å². The third kappa shape index (κ3) is 2.06. The van der Waals surface area contributed by atoms with Gasteiger partial charge >= 0.3 is 10.1 Å². The van der Waals surface area contributed by atoms with Crippen LogP contribution in [0.1, 0.15) is 0 Å². The van der Waals surface area contributed by atoms with Crippen molar-refractivity contribution in [2.75, 3.05) is 0 Å². The van der Waals surface area contributed by atoms with Gasteiger partial charge in [-0.15, -0.1) is 11.3 Å². The molecule has 0 amide bonds. The minimum atomic E-state index is -4.15. The van der Waals surface area contributed by atoms with Gasteiger partial charge in [-0.25, -0.2) is 0 Å². The van der Waals surface area contributed by atoms with E-state index in [1.54, 1.807) is 36.0 Å². The van der Waals surface area contributed by atoms with Crippen molar-refractivity contribution in [1.29, 1.82) is 0 Å². The highest BCUT2D eigenvalue weighted by Gasteiger charge is 2.17. The van der Waals surface area contributed by atoms with Gasteiger partial charge in [0, 0.05) is 23.5 Å². The molecule has 0 aliphatic rings. The molecule has 6 heteroatoms. The summed E-state index contributed by atoms with van der Waals surface area (Å²) in [6, 6.07) is 5.09. The fraction of sp³-hybridized carbons (Fsp3) is 0. The van der Waals surface area contributed by atoms with E-state index in [1.165, 1.54) is 0 Å². The quantitative estimate of drug-likeness (QED) is 0.817. The van der Waals surface area contributed by atoms with E-state index < -0.39 is 10.1 Å². The highest BCUT2D eigenvalue weighted by Crippen LogP contribution is 2.31. The van der Waals surface area contributed by atoms with E-state index in [0.29, 0.717) is 11.1 Å². The van der Waals surface area contributed by atoms with E-state index in [9.17, 15) is 8.42 Å². The zero-order valence-corrected chi connectivity index (χ0v) is 9.12. The van der Waals surface area contributed by atoms with E-state index in [4.69, 9.17) is 4.55 Å². The van der Waals surface area contributed by atoms with Gasteiger partial charge in [0.15, 0.2) is 4.21 Å². The maximum Gasteiger partial charge on any atom is 0.304 e. The predicted molar refractivity (Wildman–Crippen MR) is 57.4 cm³/mol. The summed E-state index contributed by atoms with van der Waals surface area (Å²) in [7, 11) is -4.15. The van der Waals surface area contributed by atoms with Crippen molar-refractivity contribution in [2.45, 2.75) is 4.21 Å². The van der Waals surface area contributed by atoms with E-state index in [2.05, 4.69) is 4.98 Å². The van der Waals surface area contributed by atoms with Crippen molar-refractivity contribution in [3.63, 3.8) is 0 Å². The van der Waals surface area contributed by atoms with Gasteiger partial charge < -0.3 is 0 Å². The van der Waals surface area contributed by atoms with Crippen LogP contribution in [-0.2, 0) is 10.1 Å². The van der Waals surface area contributed by atoms with Crippen molar-refractivity contribution >= 4 is 21.5 Å². The number of hydrogen-bond acceptors (Lipinski definition) is 4. The third-order valence-electron chi connectivity index (χ3n) is 1.84. The Morgan fingerprint density at radius 2 is 2.13 bits per heavy atom. The Morgan fingerprint density at radius 1 is 1.33 bits per heavy atom. The number of aromatic nitrogens is 1. The Hall–Kier alpha value is -1.24. The average Bonchev–Trinajstić information content (AvgIpc) is 2.67. The molecule has 78 valence electrons. The molecule has 0 aromatic carbocycles. The zero-order chi connectivity index (χ0) is 10.9. The summed E-state index contributed by atoms with van der Waals surface area (Å²) in [4.78, 5) is 3.89. The molecule has 2 aromatic rings. The number of nitrogens with zero attached hydrogens (tertiary/aromatic N) is 1. The van der Waals surface area contributed by atoms with Crippen LogP contribution in [0, 0.1) is 0 Å². The van der Waals surface area contributed by atoms with Gasteiger partial charge in [0.1, 0.15) is 0 Å². The van der Waals surface area contributed by atoms with Crippen molar-refractivity contribution < 1.29 is 13.0 Å². The van der Waals surface area contributed by atoms with Crippen molar-refractivity contribution in [2.24, 2.45) is 0 Å². The van der Waals surface area contributed by atoms with Crippen LogP contribution < -0.4 is 0 Å². The maximum absolute atomic E-state index is 11.0. The highest BCUT2D eigenvalue weighted by atomic mass is 32.3. The number of rotatable bonds is 2. The first-order valence-corrected chi connectivity index (χ1v) is 6.36. The average molecular weight is 241 g/mol. The normalized spacial score (nSPS) is 11.5. The summed E-state index contributed by atoms with van der Waals surface area (Å²) < 4.78 is 31.0. The molecule has 15 heavy (non-hydrogen) atoms. The fourth-order valence-electron chi connectivity index (χ4n) is 1.23. The van der Waals surface area contributed by atoms with Crippen LogP contribution in [0.3, 0.4) is 0 Å². The predicted octanol–water partition coefficient (Wildman–Crippen LogP) is 2.06. The summed E-state index contributed by atoms with van der Waals surface area (Å²) in [6.45, 7) is 0. The highest BCUT2D eigenvalue weighted by molar-refractivity contribution is 7.88. The monoisotopic (exact) mass is 241 g/mol. The van der Waals surface area contributed by atoms with Crippen LogP contribution in [0.25, 0.3) is 11.1 Å². The largest absolute Gasteiger partial charge is 0.304 e. The van der Waals surface area contributed by atoms with E-state index >= 15 is 0 Å². The molecule has 2 aromatic heterocycles. The molecule has 0 saturated carbocycles. The Bertz CT molecular complexity index is 560. The standard InChI is InChI=1S/C9H7NO3S2/c11-15(12,13)9-8(3-5-14-9)7-2-1-4-10-6-7/h1-6H,(H,11,12,13). The number of hydrogen-bond donors (Lipinski definition) is 1. The molecule has 2 heterocycles. The molecule has 1 N–H and O–H groups in total. The van der Waals surface area contributed by atoms with Gasteiger partial charge in [-0.3, -0.25) is 9.54 Å². The van der Waals surface area contributed by atoms with Gasteiger partial charge in [-0.05, 0) is 17.5 Å². The van der Waals surface area contributed by atoms with Crippen LogP contribution >= 0.6 is 11.3 Å². The Balaban J connectivity index is 2.61. The molecule has 0 fully saturated rings. The summed E-state index contributed by atoms with van der Waals surface area (Å²) >= 11 is 0.986. The molecule has 0 aliphatic carbocycles. The third-order valence-corrected chi connectivity index (χ3v) is 4.15. The van der Waals surface area contributed by atoms with Crippen LogP contribution in [-0.4, -0.2) is 18.0 Å². The van der Waals surface area contributed by atoms with E-state index in [0.717, 1.165) is 11.3 Å². The fourth-order valence-corrected chi connectivity index (χ4v) is 2.99. The van der Waals surface area contributed by atoms with Crippen LogP contribution in [0.4, 0.5) is 0 Å². The Labute approximate surface area is 91.0 Å². The zero-order valence-electron chi connectivity index (χ0n) is 7.49. The van der Waals surface area contributed by atoms with Gasteiger partial charge in [-0.1, -0.05) is 6.07 Å².